The van der Waals surface area contributed by atoms with Gasteiger partial charge in [-0.2, -0.15) is 0 Å². The second kappa shape index (κ2) is 1.69. The molecule has 5 nitrogen and oxygen atoms in total. The van der Waals surface area contributed by atoms with Crippen molar-refractivity contribution in [2.75, 3.05) is 21.1 Å². The molecule has 0 N–H and O–H groups in total. The predicted molar refractivity (Wildman–Crippen MR) is 32.7 cm³/mol. The molecule has 0 bridgehead atoms. The molecule has 0 aromatic heterocycles. The Balaban J connectivity index is 2.98. The Bertz CT molecular complexity index is 209. The number of amides is 2. The summed E-state index contributed by atoms with van der Waals surface area (Å²) in [6.07, 6.45) is 0. The lowest BCUT2D eigenvalue weighted by molar-refractivity contribution is -0.813. The molecule has 5 heteroatoms. The molecule has 0 fully saturated rings. The summed E-state index contributed by atoms with van der Waals surface area (Å²) in [4.78, 5) is 12.0. The van der Waals surface area contributed by atoms with Gasteiger partial charge in [0.05, 0.1) is 0 Å². The van der Waals surface area contributed by atoms with Crippen LogP contribution in [0.5, 0.6) is 0 Å². The first-order chi connectivity index (χ1) is 4.45. The minimum atomic E-state index is -0.477. The number of amidine groups is 1. The van der Waals surface area contributed by atoms with Crippen molar-refractivity contribution in [3.8, 4) is 0 Å². The molecule has 0 aromatic carbocycles. The van der Waals surface area contributed by atoms with Crippen LogP contribution >= 0.6 is 0 Å². The van der Waals surface area contributed by atoms with E-state index in [1.54, 1.807) is 14.1 Å². The van der Waals surface area contributed by atoms with Crippen LogP contribution in [-0.4, -0.2) is 42.7 Å². The molecule has 0 saturated carbocycles. The smallest absolute Gasteiger partial charge is 0.449 e. The highest BCUT2D eigenvalue weighted by atomic mass is 16.3. The highest BCUT2D eigenvalue weighted by molar-refractivity contribution is 5.90. The lowest BCUT2D eigenvalue weighted by Crippen LogP contribution is -2.43. The van der Waals surface area contributed by atoms with E-state index in [0.29, 0.717) is 0 Å². The third-order valence-electron chi connectivity index (χ3n) is 1.38. The second-order valence-electron chi connectivity index (χ2n) is 2.62. The van der Waals surface area contributed by atoms with Crippen LogP contribution in [0.3, 0.4) is 0 Å². The van der Waals surface area contributed by atoms with E-state index in [4.69, 9.17) is 0 Å². The maximum Gasteiger partial charge on any atom is 0.449 e. The molecule has 2 amide bonds. The largest absolute Gasteiger partial charge is 0.842 e. The van der Waals surface area contributed by atoms with Crippen LogP contribution in [-0.2, 0) is 0 Å². The quantitative estimate of drug-likeness (QED) is 0.398. The van der Waals surface area contributed by atoms with Gasteiger partial charge in [-0.1, -0.05) is 5.10 Å². The molecule has 1 rings (SSSR count). The molecule has 0 aromatic rings. The molecule has 1 aliphatic rings. The summed E-state index contributed by atoms with van der Waals surface area (Å²) in [5.74, 6) is 0. The molecule has 0 spiro atoms. The Labute approximate surface area is 58.7 Å². The van der Waals surface area contributed by atoms with Crippen molar-refractivity contribution in [3.63, 3.8) is 0 Å². The fourth-order valence-corrected chi connectivity index (χ4v) is 0.773. The average molecular weight is 143 g/mol. The van der Waals surface area contributed by atoms with Gasteiger partial charge < -0.3 is 5.11 Å². The van der Waals surface area contributed by atoms with Crippen molar-refractivity contribution in [1.29, 1.82) is 0 Å². The van der Waals surface area contributed by atoms with Gasteiger partial charge in [-0.15, -0.1) is 4.59 Å². The third-order valence-corrected chi connectivity index (χ3v) is 1.38. The van der Waals surface area contributed by atoms with Gasteiger partial charge in [-0.25, -0.2) is 4.79 Å². The van der Waals surface area contributed by atoms with Crippen molar-refractivity contribution in [2.24, 2.45) is 5.10 Å². The molecule has 0 radical (unpaired) electrons. The molecular formula is C5H9N3O2. The fourth-order valence-electron chi connectivity index (χ4n) is 0.773. The maximum absolute atomic E-state index is 11.0. The number of carbonyl (C=O) groups is 1. The molecule has 0 saturated heterocycles. The highest BCUT2D eigenvalue weighted by Crippen LogP contribution is 2.11. The fraction of sp³-hybridized carbons (Fsp3) is 0.600. The van der Waals surface area contributed by atoms with E-state index in [9.17, 15) is 9.90 Å². The molecule has 0 unspecified atom stereocenters. The molecular weight excluding hydrogens is 134 g/mol. The van der Waals surface area contributed by atoms with E-state index in [0.717, 1.165) is 4.90 Å². The molecule has 0 atom stereocenters. The van der Waals surface area contributed by atoms with Crippen molar-refractivity contribution < 1.29 is 14.5 Å². The van der Waals surface area contributed by atoms with Crippen LogP contribution < -0.4 is 5.11 Å². The topological polar surface area (TPSA) is 55.7 Å². The van der Waals surface area contributed by atoms with Gasteiger partial charge >= 0.3 is 6.03 Å². The van der Waals surface area contributed by atoms with Gasteiger partial charge in [-0.05, 0) is 0 Å². The first kappa shape index (κ1) is 7.01. The maximum atomic E-state index is 11.0. The second-order valence-corrected chi connectivity index (χ2v) is 2.62. The Hall–Kier alpha value is -1.10. The lowest BCUT2D eigenvalue weighted by atomic mass is 10.7. The van der Waals surface area contributed by atoms with Gasteiger partial charge in [0.15, 0.2) is 0 Å². The summed E-state index contributed by atoms with van der Waals surface area (Å²) in [6, 6.07) is -0.778. The monoisotopic (exact) mass is 143 g/mol. The minimum absolute atomic E-state index is 0.227. The molecule has 1 aliphatic heterocycles. The highest BCUT2D eigenvalue weighted by Gasteiger charge is 2.37. The normalized spacial score (nSPS) is 23.3. The summed E-state index contributed by atoms with van der Waals surface area (Å²) in [7, 11) is 4.54. The van der Waals surface area contributed by atoms with E-state index in [2.05, 4.69) is 5.10 Å². The molecule has 56 valence electrons. The number of nitrogens with zero attached hydrogens (tertiary/aromatic N) is 3. The van der Waals surface area contributed by atoms with Crippen molar-refractivity contribution in [3.05, 3.63) is 0 Å². The number of hydrogen-bond donors (Lipinski definition) is 0. The summed E-state index contributed by atoms with van der Waals surface area (Å²) in [5, 5.41) is 14.3. The van der Waals surface area contributed by atoms with Crippen LogP contribution in [0.2, 0.25) is 0 Å². The number of hydrogen-bond acceptors (Lipinski definition) is 3. The minimum Gasteiger partial charge on any atom is -0.842 e. The van der Waals surface area contributed by atoms with Crippen LogP contribution in [0.25, 0.3) is 0 Å². The lowest BCUT2D eigenvalue weighted by Gasteiger charge is -2.14. The zero-order valence-electron chi connectivity index (χ0n) is 6.16. The summed E-state index contributed by atoms with van der Waals surface area (Å²) in [5.41, 5.74) is 0. The van der Waals surface area contributed by atoms with E-state index < -0.39 is 6.02 Å². The average Bonchev–Trinajstić information content (AvgIpc) is 1.95. The number of urea groups is 1. The zero-order chi connectivity index (χ0) is 7.94. The van der Waals surface area contributed by atoms with Gasteiger partial charge in [0.2, 0.25) is 0 Å². The van der Waals surface area contributed by atoms with Gasteiger partial charge in [-0.3, -0.25) is 4.90 Å². The Morgan fingerprint density at radius 3 is 2.20 bits per heavy atom. The van der Waals surface area contributed by atoms with Gasteiger partial charge in [0.1, 0.15) is 20.1 Å². The van der Waals surface area contributed by atoms with Crippen LogP contribution in [0.4, 0.5) is 4.79 Å². The Kier molecular flexibility index (Phi) is 1.19. The number of carbonyl (C=O) groups excluding carboxylic acids is 1. The number of rotatable bonds is 0. The van der Waals surface area contributed by atoms with Gasteiger partial charge in [0.25, 0.3) is 0 Å². The Morgan fingerprint density at radius 2 is 2.10 bits per heavy atom. The standard InChI is InChI=1S/C5H9N3O2/c1-7-4(9)6-8(2,3)5(7)10/h1-3H3. The van der Waals surface area contributed by atoms with Crippen LogP contribution in [0.15, 0.2) is 5.10 Å². The van der Waals surface area contributed by atoms with E-state index in [1.165, 1.54) is 7.05 Å². The van der Waals surface area contributed by atoms with Crippen LogP contribution in [0.1, 0.15) is 0 Å². The van der Waals surface area contributed by atoms with E-state index in [1.807, 2.05) is 0 Å². The van der Waals surface area contributed by atoms with Crippen molar-refractivity contribution in [1.82, 2.24) is 4.90 Å². The first-order valence-corrected chi connectivity index (χ1v) is 2.84. The predicted octanol–water partition coefficient (Wildman–Crippen LogP) is -1.24. The Morgan fingerprint density at radius 1 is 1.60 bits per heavy atom. The zero-order valence-corrected chi connectivity index (χ0v) is 6.16. The summed E-state index contributed by atoms with van der Waals surface area (Å²) < 4.78 is -0.227. The molecule has 1 heterocycles. The molecule has 0 aliphatic carbocycles. The SMILES string of the molecule is CN1C(=O)[N+](C)(C)N=C1[O-]. The van der Waals surface area contributed by atoms with Gasteiger partial charge in [0, 0.05) is 7.05 Å². The summed E-state index contributed by atoms with van der Waals surface area (Å²) in [6.45, 7) is 0. The van der Waals surface area contributed by atoms with E-state index >= 15 is 0 Å². The van der Waals surface area contributed by atoms with Crippen molar-refractivity contribution >= 4 is 12.1 Å². The van der Waals surface area contributed by atoms with Crippen LogP contribution in [0, 0.1) is 0 Å². The first-order valence-electron chi connectivity index (χ1n) is 2.84. The van der Waals surface area contributed by atoms with Crippen molar-refractivity contribution in [2.45, 2.75) is 0 Å². The number of quaternary nitrogens is 1. The third kappa shape index (κ3) is 0.750. The van der Waals surface area contributed by atoms with E-state index in [-0.39, 0.29) is 10.6 Å². The summed E-state index contributed by atoms with van der Waals surface area (Å²) >= 11 is 0. The molecule has 10 heavy (non-hydrogen) atoms.